The van der Waals surface area contributed by atoms with Crippen LogP contribution < -0.4 is 0 Å². The van der Waals surface area contributed by atoms with Crippen LogP contribution >= 0.6 is 11.3 Å². The van der Waals surface area contributed by atoms with Crippen LogP contribution in [0.3, 0.4) is 0 Å². The van der Waals surface area contributed by atoms with Crippen molar-refractivity contribution < 1.29 is 14.4 Å². The lowest BCUT2D eigenvalue weighted by Gasteiger charge is -2.40. The standard InChI is InChI=1S/C13H14N2O3S/c16-11-1-2-12(17)15(11)7-9-5-14(6-9)13(18)10-3-4-19-8-10/h3-4,8-9H,1-2,5-7H2. The third-order valence-corrected chi connectivity index (χ3v) is 4.29. The molecular weight excluding hydrogens is 264 g/mol. The molecule has 2 aliphatic rings. The van der Waals surface area contributed by atoms with E-state index in [0.717, 1.165) is 5.56 Å². The number of hydrogen-bond acceptors (Lipinski definition) is 4. The minimum Gasteiger partial charge on any atom is -0.338 e. The van der Waals surface area contributed by atoms with Crippen molar-refractivity contribution in [3.63, 3.8) is 0 Å². The number of likely N-dealkylation sites (tertiary alicyclic amines) is 2. The number of imide groups is 1. The quantitative estimate of drug-likeness (QED) is 0.774. The van der Waals surface area contributed by atoms with Crippen molar-refractivity contribution in [2.45, 2.75) is 12.8 Å². The molecule has 2 saturated heterocycles. The summed E-state index contributed by atoms with van der Waals surface area (Å²) in [6, 6.07) is 1.81. The molecule has 0 radical (unpaired) electrons. The lowest BCUT2D eigenvalue weighted by Crippen LogP contribution is -2.54. The molecule has 3 heterocycles. The molecule has 2 fully saturated rings. The molecule has 0 atom stereocenters. The summed E-state index contributed by atoms with van der Waals surface area (Å²) in [6.45, 7) is 1.72. The van der Waals surface area contributed by atoms with Gasteiger partial charge in [-0.1, -0.05) is 0 Å². The van der Waals surface area contributed by atoms with E-state index < -0.39 is 0 Å². The van der Waals surface area contributed by atoms with Gasteiger partial charge in [0.15, 0.2) is 0 Å². The fraction of sp³-hybridized carbons (Fsp3) is 0.462. The van der Waals surface area contributed by atoms with Crippen molar-refractivity contribution in [1.82, 2.24) is 9.80 Å². The lowest BCUT2D eigenvalue weighted by atomic mass is 9.98. The molecule has 6 heteroatoms. The first-order chi connectivity index (χ1) is 9.15. The summed E-state index contributed by atoms with van der Waals surface area (Å²) in [5, 5.41) is 3.72. The summed E-state index contributed by atoms with van der Waals surface area (Å²) in [4.78, 5) is 38.1. The summed E-state index contributed by atoms with van der Waals surface area (Å²) < 4.78 is 0. The monoisotopic (exact) mass is 278 g/mol. The van der Waals surface area contributed by atoms with Gasteiger partial charge in [-0.25, -0.2) is 0 Å². The Morgan fingerprint density at radius 2 is 1.95 bits per heavy atom. The highest BCUT2D eigenvalue weighted by Crippen LogP contribution is 2.23. The van der Waals surface area contributed by atoms with Gasteiger partial charge in [0.2, 0.25) is 11.8 Å². The van der Waals surface area contributed by atoms with E-state index in [2.05, 4.69) is 0 Å². The minimum absolute atomic E-state index is 0.0385. The van der Waals surface area contributed by atoms with E-state index in [1.807, 2.05) is 16.8 Å². The molecule has 2 aliphatic heterocycles. The predicted molar refractivity (Wildman–Crippen MR) is 69.7 cm³/mol. The Kier molecular flexibility index (Phi) is 3.10. The largest absolute Gasteiger partial charge is 0.338 e. The molecule has 3 amide bonds. The van der Waals surface area contributed by atoms with E-state index in [-0.39, 0.29) is 23.6 Å². The molecule has 0 unspecified atom stereocenters. The van der Waals surface area contributed by atoms with Crippen LogP contribution in [0, 0.1) is 5.92 Å². The van der Waals surface area contributed by atoms with Gasteiger partial charge in [-0.3, -0.25) is 19.3 Å². The van der Waals surface area contributed by atoms with Crippen molar-refractivity contribution in [1.29, 1.82) is 0 Å². The zero-order valence-corrected chi connectivity index (χ0v) is 11.2. The van der Waals surface area contributed by atoms with Gasteiger partial charge < -0.3 is 4.90 Å². The van der Waals surface area contributed by atoms with Crippen LogP contribution in [0.1, 0.15) is 23.2 Å². The van der Waals surface area contributed by atoms with Gasteiger partial charge in [-0.05, 0) is 11.4 Å². The Bertz CT molecular complexity index is 504. The van der Waals surface area contributed by atoms with Crippen LogP contribution in [-0.4, -0.2) is 47.2 Å². The van der Waals surface area contributed by atoms with Crippen LogP contribution in [0.25, 0.3) is 0 Å². The highest BCUT2D eigenvalue weighted by atomic mass is 32.1. The zero-order chi connectivity index (χ0) is 13.4. The molecule has 0 aliphatic carbocycles. The first-order valence-electron chi connectivity index (χ1n) is 6.30. The average Bonchev–Trinajstić information content (AvgIpc) is 2.96. The molecule has 1 aromatic rings. The van der Waals surface area contributed by atoms with Gasteiger partial charge in [0.05, 0.1) is 5.56 Å². The van der Waals surface area contributed by atoms with E-state index in [0.29, 0.717) is 32.5 Å². The Morgan fingerprint density at radius 3 is 2.53 bits per heavy atom. The third kappa shape index (κ3) is 2.28. The Labute approximate surface area is 114 Å². The smallest absolute Gasteiger partial charge is 0.254 e. The number of nitrogens with zero attached hydrogens (tertiary/aromatic N) is 2. The molecule has 0 N–H and O–H groups in total. The van der Waals surface area contributed by atoms with Crippen molar-refractivity contribution >= 4 is 29.1 Å². The van der Waals surface area contributed by atoms with Gasteiger partial charge in [0.25, 0.3) is 5.91 Å². The first kappa shape index (κ1) is 12.3. The van der Waals surface area contributed by atoms with E-state index in [4.69, 9.17) is 0 Å². The van der Waals surface area contributed by atoms with Crippen LogP contribution in [0.5, 0.6) is 0 Å². The molecule has 0 saturated carbocycles. The molecule has 0 aromatic carbocycles. The van der Waals surface area contributed by atoms with Crippen molar-refractivity contribution in [3.05, 3.63) is 22.4 Å². The van der Waals surface area contributed by atoms with Gasteiger partial charge in [0.1, 0.15) is 0 Å². The first-order valence-corrected chi connectivity index (χ1v) is 7.24. The van der Waals surface area contributed by atoms with Crippen LogP contribution in [0.15, 0.2) is 16.8 Å². The molecule has 3 rings (SSSR count). The maximum absolute atomic E-state index is 12.0. The highest BCUT2D eigenvalue weighted by Gasteiger charge is 2.37. The SMILES string of the molecule is O=C(c1ccsc1)N1CC(CN2C(=O)CCC2=O)C1. The Morgan fingerprint density at radius 1 is 1.26 bits per heavy atom. The molecule has 1 aromatic heterocycles. The number of amides is 3. The van der Waals surface area contributed by atoms with Crippen molar-refractivity contribution in [2.75, 3.05) is 19.6 Å². The zero-order valence-electron chi connectivity index (χ0n) is 10.4. The number of rotatable bonds is 3. The fourth-order valence-corrected chi connectivity index (χ4v) is 3.13. The summed E-state index contributed by atoms with van der Waals surface area (Å²) in [5.41, 5.74) is 0.719. The van der Waals surface area contributed by atoms with E-state index >= 15 is 0 Å². The van der Waals surface area contributed by atoms with Gasteiger partial charge in [-0.15, -0.1) is 0 Å². The van der Waals surface area contributed by atoms with Gasteiger partial charge in [0, 0.05) is 43.8 Å². The van der Waals surface area contributed by atoms with Crippen molar-refractivity contribution in [2.24, 2.45) is 5.92 Å². The van der Waals surface area contributed by atoms with Crippen LogP contribution in [0.4, 0.5) is 0 Å². The van der Waals surface area contributed by atoms with E-state index in [1.165, 1.54) is 16.2 Å². The number of carbonyl (C=O) groups excluding carboxylic acids is 3. The molecular formula is C13H14N2O3S. The van der Waals surface area contributed by atoms with Gasteiger partial charge >= 0.3 is 0 Å². The molecule has 0 spiro atoms. The Balaban J connectivity index is 1.52. The summed E-state index contributed by atoms with van der Waals surface area (Å²) >= 11 is 1.50. The minimum atomic E-state index is -0.0763. The molecule has 0 bridgehead atoms. The van der Waals surface area contributed by atoms with E-state index in [1.54, 1.807) is 4.90 Å². The molecule has 5 nitrogen and oxygen atoms in total. The second kappa shape index (κ2) is 4.77. The normalized spacial score (nSPS) is 20.0. The number of hydrogen-bond donors (Lipinski definition) is 0. The average molecular weight is 278 g/mol. The number of thiophene rings is 1. The van der Waals surface area contributed by atoms with Crippen LogP contribution in [-0.2, 0) is 9.59 Å². The summed E-state index contributed by atoms with van der Waals surface area (Å²) in [7, 11) is 0. The number of carbonyl (C=O) groups is 3. The maximum Gasteiger partial charge on any atom is 0.254 e. The second-order valence-corrected chi connectivity index (χ2v) is 5.77. The van der Waals surface area contributed by atoms with E-state index in [9.17, 15) is 14.4 Å². The van der Waals surface area contributed by atoms with Crippen molar-refractivity contribution in [3.8, 4) is 0 Å². The van der Waals surface area contributed by atoms with Crippen LogP contribution in [0.2, 0.25) is 0 Å². The van der Waals surface area contributed by atoms with Gasteiger partial charge in [-0.2, -0.15) is 11.3 Å². The third-order valence-electron chi connectivity index (χ3n) is 3.61. The highest BCUT2D eigenvalue weighted by molar-refractivity contribution is 7.08. The summed E-state index contributed by atoms with van der Waals surface area (Å²) in [5.74, 6) is 0.116. The molecule has 19 heavy (non-hydrogen) atoms. The molecule has 100 valence electrons. The predicted octanol–water partition coefficient (Wildman–Crippen LogP) is 0.969. The fourth-order valence-electron chi connectivity index (χ4n) is 2.50. The summed E-state index contributed by atoms with van der Waals surface area (Å²) in [6.07, 6.45) is 0.673. The maximum atomic E-state index is 12.0. The second-order valence-electron chi connectivity index (χ2n) is 4.99. The lowest BCUT2D eigenvalue weighted by molar-refractivity contribution is -0.139. The topological polar surface area (TPSA) is 57.7 Å². The Hall–Kier alpha value is -1.69.